The number of anilines is 1. The summed E-state index contributed by atoms with van der Waals surface area (Å²) in [5, 5.41) is 2.97. The van der Waals surface area contributed by atoms with E-state index >= 15 is 0 Å². The summed E-state index contributed by atoms with van der Waals surface area (Å²) in [4.78, 5) is 13.0. The Balaban J connectivity index is 2.26. The molecule has 0 spiro atoms. The van der Waals surface area contributed by atoms with Crippen LogP contribution in [0.1, 0.15) is 25.5 Å². The van der Waals surface area contributed by atoms with E-state index in [2.05, 4.69) is 5.32 Å². The van der Waals surface area contributed by atoms with E-state index in [1.54, 1.807) is 19.1 Å². The molecule has 0 aromatic heterocycles. The van der Waals surface area contributed by atoms with Gasteiger partial charge in [0.25, 0.3) is 0 Å². The fourth-order valence-electron chi connectivity index (χ4n) is 3.02. The van der Waals surface area contributed by atoms with Crippen LogP contribution < -0.4 is 14.4 Å². The molecule has 0 radical (unpaired) electrons. The highest BCUT2D eigenvalue weighted by molar-refractivity contribution is 7.92. The first kappa shape index (κ1) is 25.0. The SMILES string of the molecule is COc1ccc(N([C@H](C)C(=O)N[C@@H](C)c2ccc(S(C)(=O)=O)cc2)S(C)(=O)=O)cc1Cl. The first-order valence-corrected chi connectivity index (χ1v) is 13.3. The smallest absolute Gasteiger partial charge is 0.244 e. The molecular weight excluding hydrogens is 464 g/mol. The normalized spacial score (nSPS) is 13.9. The Bertz CT molecular complexity index is 1160. The number of sulfone groups is 1. The summed E-state index contributed by atoms with van der Waals surface area (Å²) in [6.45, 7) is 3.18. The molecule has 2 aromatic carbocycles. The van der Waals surface area contributed by atoms with Gasteiger partial charge < -0.3 is 10.1 Å². The van der Waals surface area contributed by atoms with Crippen LogP contribution in [-0.4, -0.2) is 48.4 Å². The first-order chi connectivity index (χ1) is 14.3. The van der Waals surface area contributed by atoms with E-state index < -0.39 is 37.9 Å². The van der Waals surface area contributed by atoms with Gasteiger partial charge in [-0.1, -0.05) is 23.7 Å². The zero-order chi connectivity index (χ0) is 23.6. The topological polar surface area (TPSA) is 110 Å². The van der Waals surface area contributed by atoms with Gasteiger partial charge >= 0.3 is 0 Å². The third-order valence-corrected chi connectivity index (χ3v) is 7.31. The van der Waals surface area contributed by atoms with E-state index in [4.69, 9.17) is 16.3 Å². The van der Waals surface area contributed by atoms with Crippen molar-refractivity contribution in [3.63, 3.8) is 0 Å². The number of rotatable bonds is 8. The maximum absolute atomic E-state index is 12.9. The van der Waals surface area contributed by atoms with Gasteiger partial charge in [-0.15, -0.1) is 0 Å². The molecule has 0 bridgehead atoms. The molecule has 2 rings (SSSR count). The number of benzene rings is 2. The van der Waals surface area contributed by atoms with Crippen LogP contribution in [0.4, 0.5) is 5.69 Å². The van der Waals surface area contributed by atoms with Crippen molar-refractivity contribution in [1.82, 2.24) is 5.32 Å². The lowest BCUT2D eigenvalue weighted by molar-refractivity contribution is -0.122. The second-order valence-corrected chi connectivity index (χ2v) is 11.4. The van der Waals surface area contributed by atoms with Crippen molar-refractivity contribution in [2.45, 2.75) is 30.8 Å². The highest BCUT2D eigenvalue weighted by atomic mass is 35.5. The Kier molecular flexibility index (Phi) is 7.61. The third-order valence-electron chi connectivity index (χ3n) is 4.65. The summed E-state index contributed by atoms with van der Waals surface area (Å²) in [7, 11) is -5.70. The van der Waals surface area contributed by atoms with Gasteiger partial charge in [-0.3, -0.25) is 9.10 Å². The van der Waals surface area contributed by atoms with E-state index in [-0.39, 0.29) is 15.6 Å². The van der Waals surface area contributed by atoms with Crippen molar-refractivity contribution >= 4 is 43.1 Å². The Hall–Kier alpha value is -2.30. The molecule has 0 unspecified atom stereocenters. The van der Waals surface area contributed by atoms with Crippen LogP contribution in [0.25, 0.3) is 0 Å². The predicted molar refractivity (Wildman–Crippen MR) is 121 cm³/mol. The van der Waals surface area contributed by atoms with Gasteiger partial charge in [0.15, 0.2) is 9.84 Å². The lowest BCUT2D eigenvalue weighted by atomic mass is 10.1. The zero-order valence-corrected chi connectivity index (χ0v) is 20.2. The first-order valence-electron chi connectivity index (χ1n) is 9.19. The fraction of sp³-hybridized carbons (Fsp3) is 0.350. The zero-order valence-electron chi connectivity index (χ0n) is 17.8. The van der Waals surface area contributed by atoms with Gasteiger partial charge in [-0.25, -0.2) is 16.8 Å². The number of ether oxygens (including phenoxy) is 1. The number of carbonyl (C=O) groups excluding carboxylic acids is 1. The summed E-state index contributed by atoms with van der Waals surface area (Å²) >= 11 is 6.13. The van der Waals surface area contributed by atoms with Crippen LogP contribution in [-0.2, 0) is 24.7 Å². The minimum atomic E-state index is -3.81. The Morgan fingerprint density at radius 3 is 2.06 bits per heavy atom. The quantitative estimate of drug-likeness (QED) is 0.611. The van der Waals surface area contributed by atoms with E-state index in [0.717, 1.165) is 16.8 Å². The third kappa shape index (κ3) is 6.11. The van der Waals surface area contributed by atoms with Crippen molar-refractivity contribution < 1.29 is 26.4 Å². The number of methoxy groups -OCH3 is 1. The van der Waals surface area contributed by atoms with Crippen LogP contribution >= 0.6 is 11.6 Å². The van der Waals surface area contributed by atoms with Crippen molar-refractivity contribution in [2.24, 2.45) is 0 Å². The van der Waals surface area contributed by atoms with Crippen molar-refractivity contribution in [1.29, 1.82) is 0 Å². The van der Waals surface area contributed by atoms with Gasteiger partial charge in [-0.05, 0) is 49.7 Å². The predicted octanol–water partition coefficient (Wildman–Crippen LogP) is 2.78. The minimum Gasteiger partial charge on any atom is -0.495 e. The highest BCUT2D eigenvalue weighted by Gasteiger charge is 2.30. The lowest BCUT2D eigenvalue weighted by Gasteiger charge is -2.29. The maximum Gasteiger partial charge on any atom is 0.244 e. The number of nitrogens with one attached hydrogen (secondary N) is 1. The van der Waals surface area contributed by atoms with Crippen LogP contribution in [0.5, 0.6) is 5.75 Å². The molecule has 2 atom stereocenters. The molecule has 31 heavy (non-hydrogen) atoms. The molecule has 0 heterocycles. The second kappa shape index (κ2) is 9.46. The van der Waals surface area contributed by atoms with Crippen LogP contribution in [0.15, 0.2) is 47.4 Å². The Morgan fingerprint density at radius 2 is 1.61 bits per heavy atom. The summed E-state index contributed by atoms with van der Waals surface area (Å²) in [6.07, 6.45) is 2.11. The fourth-order valence-corrected chi connectivity index (χ4v) is 5.07. The van der Waals surface area contributed by atoms with Gasteiger partial charge in [0.1, 0.15) is 11.8 Å². The van der Waals surface area contributed by atoms with Gasteiger partial charge in [-0.2, -0.15) is 0 Å². The standard InChI is InChI=1S/C20H25ClN2O6S2/c1-13(15-6-9-17(10-7-15)30(4,25)26)22-20(24)14(2)23(31(5,27)28)16-8-11-19(29-3)18(21)12-16/h6-14H,1-5H3,(H,22,24)/t13-,14+/m0/s1. The number of sulfonamides is 1. The van der Waals surface area contributed by atoms with Crippen LogP contribution in [0.3, 0.4) is 0 Å². The van der Waals surface area contributed by atoms with Gasteiger partial charge in [0, 0.05) is 6.26 Å². The number of carbonyl (C=O) groups is 1. The monoisotopic (exact) mass is 488 g/mol. The summed E-state index contributed by atoms with van der Waals surface area (Å²) in [5.74, 6) is -0.154. The van der Waals surface area contributed by atoms with E-state index in [9.17, 15) is 21.6 Å². The van der Waals surface area contributed by atoms with Crippen molar-refractivity contribution in [3.8, 4) is 5.75 Å². The van der Waals surface area contributed by atoms with E-state index in [1.165, 1.54) is 44.4 Å². The van der Waals surface area contributed by atoms with E-state index in [1.807, 2.05) is 0 Å². The van der Waals surface area contributed by atoms with Gasteiger partial charge in [0.2, 0.25) is 15.9 Å². The number of amides is 1. The molecule has 0 aliphatic rings. The average Bonchev–Trinajstić information content (AvgIpc) is 2.66. The summed E-state index contributed by atoms with van der Waals surface area (Å²) < 4.78 is 54.2. The Morgan fingerprint density at radius 1 is 1.03 bits per heavy atom. The largest absolute Gasteiger partial charge is 0.495 e. The molecule has 0 saturated heterocycles. The average molecular weight is 489 g/mol. The molecule has 1 amide bonds. The maximum atomic E-state index is 12.9. The molecule has 8 nitrogen and oxygen atoms in total. The van der Waals surface area contributed by atoms with Crippen LogP contribution in [0.2, 0.25) is 5.02 Å². The molecular formula is C20H25ClN2O6S2. The summed E-state index contributed by atoms with van der Waals surface area (Å²) in [5.41, 5.74) is 0.896. The lowest BCUT2D eigenvalue weighted by Crippen LogP contribution is -2.48. The van der Waals surface area contributed by atoms with Crippen molar-refractivity contribution in [3.05, 3.63) is 53.1 Å². The minimum absolute atomic E-state index is 0.169. The number of halogens is 1. The van der Waals surface area contributed by atoms with Crippen molar-refractivity contribution in [2.75, 3.05) is 23.9 Å². The number of hydrogen-bond acceptors (Lipinski definition) is 6. The van der Waals surface area contributed by atoms with E-state index in [0.29, 0.717) is 11.3 Å². The molecule has 1 N–H and O–H groups in total. The molecule has 0 fully saturated rings. The highest BCUT2D eigenvalue weighted by Crippen LogP contribution is 2.31. The second-order valence-electron chi connectivity index (χ2n) is 7.13. The Labute approximate surface area is 188 Å². The molecule has 2 aromatic rings. The molecule has 170 valence electrons. The number of hydrogen-bond donors (Lipinski definition) is 1. The summed E-state index contributed by atoms with van der Waals surface area (Å²) in [6, 6.07) is 9.00. The van der Waals surface area contributed by atoms with Crippen LogP contribution in [0, 0.1) is 0 Å². The molecule has 0 saturated carbocycles. The molecule has 0 aliphatic carbocycles. The molecule has 11 heteroatoms. The molecule has 0 aliphatic heterocycles. The number of nitrogens with zero attached hydrogens (tertiary/aromatic N) is 1. The van der Waals surface area contributed by atoms with Gasteiger partial charge in [0.05, 0.1) is 35.0 Å².